The lowest BCUT2D eigenvalue weighted by Gasteiger charge is -2.29. The summed E-state index contributed by atoms with van der Waals surface area (Å²) >= 11 is 0. The van der Waals surface area contributed by atoms with Crippen molar-refractivity contribution in [3.63, 3.8) is 0 Å². The molecule has 0 spiro atoms. The van der Waals surface area contributed by atoms with Crippen molar-refractivity contribution in [2.75, 3.05) is 17.2 Å². The molecule has 1 aliphatic heterocycles. The molecule has 178 valence electrons. The van der Waals surface area contributed by atoms with E-state index in [9.17, 15) is 8.42 Å². The van der Waals surface area contributed by atoms with Crippen LogP contribution in [0.5, 0.6) is 23.0 Å². The molecule has 6 nitrogen and oxygen atoms in total. The number of nitrogen functional groups attached to an aromatic ring is 2. The van der Waals surface area contributed by atoms with Crippen LogP contribution in [-0.4, -0.2) is 14.2 Å². The lowest BCUT2D eigenvalue weighted by atomic mass is 9.87. The molecule has 4 N–H and O–H groups in total. The summed E-state index contributed by atoms with van der Waals surface area (Å²) in [6.45, 7) is 0. The predicted octanol–water partition coefficient (Wildman–Crippen LogP) is 5.89. The molecule has 0 aromatic heterocycles. The molecule has 0 unspecified atom stereocenters. The normalized spacial score (nSPS) is 16.0. The van der Waals surface area contributed by atoms with Crippen molar-refractivity contribution in [1.82, 2.24) is 0 Å². The van der Waals surface area contributed by atoms with E-state index in [1.54, 1.807) is 72.8 Å². The summed E-state index contributed by atoms with van der Waals surface area (Å²) in [7, 11) is -3.42. The van der Waals surface area contributed by atoms with E-state index in [-0.39, 0.29) is 5.75 Å². The van der Waals surface area contributed by atoms with Crippen LogP contribution in [0.1, 0.15) is 24.0 Å². The highest BCUT2D eigenvalue weighted by atomic mass is 32.2. The molecule has 0 aliphatic carbocycles. The summed E-state index contributed by atoms with van der Waals surface area (Å²) in [6, 6.07) is 28.8. The fraction of sp³-hybridized carbons (Fsp3) is 0.143. The molecular formula is C28H26N2O4S. The average molecular weight is 487 g/mol. The number of sulfone groups is 1. The van der Waals surface area contributed by atoms with E-state index in [1.165, 1.54) is 0 Å². The minimum atomic E-state index is -3.42. The topological polar surface area (TPSA) is 105 Å². The first-order valence-electron chi connectivity index (χ1n) is 11.4. The zero-order valence-electron chi connectivity index (χ0n) is 19.1. The lowest BCUT2D eigenvalue weighted by Crippen LogP contribution is -2.33. The largest absolute Gasteiger partial charge is 0.457 e. The van der Waals surface area contributed by atoms with Gasteiger partial charge >= 0.3 is 0 Å². The highest BCUT2D eigenvalue weighted by molar-refractivity contribution is 7.92. The molecule has 35 heavy (non-hydrogen) atoms. The van der Waals surface area contributed by atoms with Gasteiger partial charge in [-0.05, 0) is 96.8 Å². The maximum atomic E-state index is 13.4. The Hall–Kier alpha value is -3.97. The monoisotopic (exact) mass is 486 g/mol. The molecule has 0 saturated carbocycles. The quantitative estimate of drug-likeness (QED) is 0.329. The third kappa shape index (κ3) is 4.42. The van der Waals surface area contributed by atoms with Gasteiger partial charge in [-0.15, -0.1) is 0 Å². The predicted molar refractivity (Wildman–Crippen MR) is 139 cm³/mol. The van der Waals surface area contributed by atoms with E-state index in [2.05, 4.69) is 0 Å². The van der Waals surface area contributed by atoms with Crippen LogP contribution in [0.3, 0.4) is 0 Å². The first-order valence-corrected chi connectivity index (χ1v) is 13.0. The molecule has 4 aromatic rings. The Balaban J connectivity index is 1.44. The maximum absolute atomic E-state index is 13.4. The van der Waals surface area contributed by atoms with E-state index >= 15 is 0 Å². The van der Waals surface area contributed by atoms with Crippen LogP contribution in [0, 0.1) is 0 Å². The molecule has 0 radical (unpaired) electrons. The number of rotatable bonds is 6. The first-order chi connectivity index (χ1) is 16.9. The van der Waals surface area contributed by atoms with E-state index in [4.69, 9.17) is 20.9 Å². The number of anilines is 2. The molecule has 0 bridgehead atoms. The van der Waals surface area contributed by atoms with Crippen LogP contribution >= 0.6 is 0 Å². The summed E-state index contributed by atoms with van der Waals surface area (Å²) in [6.07, 6.45) is 1.13. The van der Waals surface area contributed by atoms with Crippen molar-refractivity contribution in [1.29, 1.82) is 0 Å². The third-order valence-electron chi connectivity index (χ3n) is 6.35. The van der Waals surface area contributed by atoms with E-state index in [0.717, 1.165) is 11.1 Å². The Bertz CT molecular complexity index is 1320. The molecule has 7 heteroatoms. The second-order valence-electron chi connectivity index (χ2n) is 8.64. The fourth-order valence-corrected chi connectivity index (χ4v) is 6.90. The average Bonchev–Trinajstić information content (AvgIpc) is 3.18. The summed E-state index contributed by atoms with van der Waals surface area (Å²) in [5, 5.41) is 0. The van der Waals surface area contributed by atoms with Crippen LogP contribution in [0.15, 0.2) is 97.1 Å². The highest BCUT2D eigenvalue weighted by Crippen LogP contribution is 2.47. The van der Waals surface area contributed by atoms with Gasteiger partial charge in [0, 0.05) is 11.4 Å². The van der Waals surface area contributed by atoms with Gasteiger partial charge < -0.3 is 20.9 Å². The van der Waals surface area contributed by atoms with Crippen molar-refractivity contribution in [3.8, 4) is 23.0 Å². The summed E-state index contributed by atoms with van der Waals surface area (Å²) in [5.74, 6) is 2.71. The molecule has 0 amide bonds. The number of hydrogen-bond donors (Lipinski definition) is 2. The lowest BCUT2D eigenvalue weighted by molar-refractivity contribution is 0.481. The second kappa shape index (κ2) is 9.00. The van der Waals surface area contributed by atoms with Crippen molar-refractivity contribution in [2.45, 2.75) is 17.6 Å². The van der Waals surface area contributed by atoms with Crippen molar-refractivity contribution in [3.05, 3.63) is 108 Å². The second-order valence-corrected chi connectivity index (χ2v) is 11.0. The smallest absolute Gasteiger partial charge is 0.164 e. The van der Waals surface area contributed by atoms with Crippen LogP contribution in [0.2, 0.25) is 0 Å². The zero-order valence-corrected chi connectivity index (χ0v) is 19.9. The number of benzene rings is 4. The highest BCUT2D eigenvalue weighted by Gasteiger charge is 2.50. The molecule has 1 heterocycles. The molecule has 1 saturated heterocycles. The Kier molecular flexibility index (Phi) is 5.86. The minimum Gasteiger partial charge on any atom is -0.457 e. The van der Waals surface area contributed by atoms with Gasteiger partial charge in [-0.1, -0.05) is 24.3 Å². The van der Waals surface area contributed by atoms with Crippen LogP contribution in [-0.2, 0) is 14.6 Å². The summed E-state index contributed by atoms with van der Waals surface area (Å²) < 4.78 is 37.5. The minimum absolute atomic E-state index is 0.153. The van der Waals surface area contributed by atoms with Gasteiger partial charge in [-0.3, -0.25) is 0 Å². The van der Waals surface area contributed by atoms with E-state index in [1.807, 2.05) is 24.3 Å². The van der Waals surface area contributed by atoms with Crippen molar-refractivity contribution in [2.24, 2.45) is 0 Å². The first kappa shape index (κ1) is 22.8. The Morgan fingerprint density at radius 3 is 1.23 bits per heavy atom. The van der Waals surface area contributed by atoms with Gasteiger partial charge in [-0.2, -0.15) is 0 Å². The van der Waals surface area contributed by atoms with Gasteiger partial charge in [0.15, 0.2) is 9.84 Å². The molecule has 1 aliphatic rings. The summed E-state index contributed by atoms with van der Waals surface area (Å²) in [4.78, 5) is 0. The fourth-order valence-electron chi connectivity index (χ4n) is 4.58. The Labute approximate surface area is 205 Å². The summed E-state index contributed by atoms with van der Waals surface area (Å²) in [5.41, 5.74) is 14.2. The zero-order chi connectivity index (χ0) is 24.5. The molecule has 1 fully saturated rings. The van der Waals surface area contributed by atoms with Gasteiger partial charge in [0.1, 0.15) is 27.7 Å². The van der Waals surface area contributed by atoms with Gasteiger partial charge in [0.25, 0.3) is 0 Å². The number of ether oxygens (including phenoxy) is 2. The van der Waals surface area contributed by atoms with Crippen molar-refractivity contribution >= 4 is 21.2 Å². The van der Waals surface area contributed by atoms with Gasteiger partial charge in [0.05, 0.1) is 5.75 Å². The number of hydrogen-bond acceptors (Lipinski definition) is 6. The van der Waals surface area contributed by atoms with Crippen molar-refractivity contribution < 1.29 is 17.9 Å². The number of nitrogens with two attached hydrogens (primary N) is 2. The SMILES string of the molecule is Nc1ccc(Oc2ccc(C3(c4ccc(Oc5ccc(N)cc5)cc4)CCCS3(=O)=O)cc2)cc1. The van der Waals surface area contributed by atoms with E-state index < -0.39 is 14.6 Å². The van der Waals surface area contributed by atoms with Crippen LogP contribution in [0.25, 0.3) is 0 Å². The van der Waals surface area contributed by atoms with E-state index in [0.29, 0.717) is 47.2 Å². The van der Waals surface area contributed by atoms with Crippen LogP contribution in [0.4, 0.5) is 11.4 Å². The maximum Gasteiger partial charge on any atom is 0.164 e. The Morgan fingerprint density at radius 1 is 0.571 bits per heavy atom. The van der Waals surface area contributed by atoms with Crippen LogP contribution < -0.4 is 20.9 Å². The third-order valence-corrected chi connectivity index (χ3v) is 8.91. The molecule has 5 rings (SSSR count). The van der Waals surface area contributed by atoms with Gasteiger partial charge in [0.2, 0.25) is 0 Å². The van der Waals surface area contributed by atoms with Gasteiger partial charge in [-0.25, -0.2) is 8.42 Å². The molecule has 0 atom stereocenters. The standard InChI is InChI=1S/C28H26N2O4S/c29-22-6-14-26(15-7-22)33-24-10-2-20(3-11-24)28(18-1-19-35(28,31)32)21-4-12-25(13-5-21)34-27-16-8-23(30)9-17-27/h2-17H,1,18-19,29-30H2. The molecular weight excluding hydrogens is 460 g/mol. The molecule has 4 aromatic carbocycles. The Morgan fingerprint density at radius 2 is 0.914 bits per heavy atom.